The number of benzene rings is 2. The molecular formula is C24H28N4O. The molecule has 2 aromatic carbocycles. The Morgan fingerprint density at radius 3 is 2.38 bits per heavy atom. The number of carbonyl (C=O) groups excluding carboxylic acids is 1. The number of hydrogen-bond donors (Lipinski definition) is 1. The summed E-state index contributed by atoms with van der Waals surface area (Å²) < 4.78 is 0. The van der Waals surface area contributed by atoms with Crippen LogP contribution in [-0.2, 0) is 4.79 Å². The molecule has 0 bridgehead atoms. The van der Waals surface area contributed by atoms with Gasteiger partial charge in [0, 0.05) is 43.4 Å². The third-order valence-electron chi connectivity index (χ3n) is 5.86. The van der Waals surface area contributed by atoms with Gasteiger partial charge in [0.1, 0.15) is 6.04 Å². The number of likely N-dealkylation sites (N-methyl/N-ethyl adjacent to an activating group) is 1. The second kappa shape index (κ2) is 8.31. The van der Waals surface area contributed by atoms with Gasteiger partial charge in [0.15, 0.2) is 0 Å². The molecule has 1 aromatic heterocycles. The molecule has 1 fully saturated rings. The SMILES string of the molecule is Cc1cccc(C)c1NC(=O)C(c1ccnc2ccccc12)N1CCN(C)CC1. The molecule has 0 aliphatic carbocycles. The van der Waals surface area contributed by atoms with Gasteiger partial charge >= 0.3 is 0 Å². The summed E-state index contributed by atoms with van der Waals surface area (Å²) in [6.07, 6.45) is 1.81. The van der Waals surface area contributed by atoms with Crippen molar-refractivity contribution in [1.82, 2.24) is 14.8 Å². The fourth-order valence-electron chi connectivity index (χ4n) is 4.14. The van der Waals surface area contributed by atoms with Crippen molar-refractivity contribution in [2.24, 2.45) is 0 Å². The average molecular weight is 389 g/mol. The maximum atomic E-state index is 13.7. The minimum absolute atomic E-state index is 0.0170. The predicted molar refractivity (Wildman–Crippen MR) is 118 cm³/mol. The van der Waals surface area contributed by atoms with Gasteiger partial charge in [0.05, 0.1) is 5.52 Å². The monoisotopic (exact) mass is 388 g/mol. The van der Waals surface area contributed by atoms with Crippen LogP contribution in [-0.4, -0.2) is 53.9 Å². The molecule has 1 N–H and O–H groups in total. The average Bonchev–Trinajstić information content (AvgIpc) is 2.73. The first-order valence-corrected chi connectivity index (χ1v) is 10.2. The van der Waals surface area contributed by atoms with E-state index in [0.29, 0.717) is 0 Å². The number of amides is 1. The first-order chi connectivity index (χ1) is 14.0. The van der Waals surface area contributed by atoms with Crippen molar-refractivity contribution < 1.29 is 4.79 Å². The number of aryl methyl sites for hydroxylation is 2. The number of fused-ring (bicyclic) bond motifs is 1. The zero-order chi connectivity index (χ0) is 20.4. The van der Waals surface area contributed by atoms with E-state index < -0.39 is 0 Å². The maximum Gasteiger partial charge on any atom is 0.246 e. The Balaban J connectivity index is 1.75. The summed E-state index contributed by atoms with van der Waals surface area (Å²) in [6.45, 7) is 7.70. The Kier molecular flexibility index (Phi) is 5.60. The summed E-state index contributed by atoms with van der Waals surface area (Å²) in [7, 11) is 2.13. The summed E-state index contributed by atoms with van der Waals surface area (Å²) >= 11 is 0. The fraction of sp³-hybridized carbons (Fsp3) is 0.333. The van der Waals surface area contributed by atoms with Crippen LogP contribution in [0.15, 0.2) is 54.7 Å². The lowest BCUT2D eigenvalue weighted by molar-refractivity contribution is -0.122. The zero-order valence-electron chi connectivity index (χ0n) is 17.4. The van der Waals surface area contributed by atoms with Crippen LogP contribution in [0.2, 0.25) is 0 Å². The highest BCUT2D eigenvalue weighted by atomic mass is 16.2. The second-order valence-electron chi connectivity index (χ2n) is 7.92. The van der Waals surface area contributed by atoms with Crippen LogP contribution in [0.1, 0.15) is 22.7 Å². The molecule has 5 nitrogen and oxygen atoms in total. The van der Waals surface area contributed by atoms with E-state index in [9.17, 15) is 4.79 Å². The first kappa shape index (κ1) is 19.6. The Bertz CT molecular complexity index is 999. The number of nitrogens with one attached hydrogen (secondary N) is 1. The molecule has 0 saturated carbocycles. The summed E-state index contributed by atoms with van der Waals surface area (Å²) in [6, 6.07) is 15.8. The van der Waals surface area contributed by atoms with E-state index in [0.717, 1.165) is 59.5 Å². The molecule has 1 unspecified atom stereocenters. The molecule has 4 rings (SSSR count). The van der Waals surface area contributed by atoms with Gasteiger partial charge in [-0.05, 0) is 49.7 Å². The van der Waals surface area contributed by atoms with Crippen molar-refractivity contribution in [3.63, 3.8) is 0 Å². The van der Waals surface area contributed by atoms with Crippen LogP contribution in [0.5, 0.6) is 0 Å². The van der Waals surface area contributed by atoms with Gasteiger partial charge in [0.25, 0.3) is 0 Å². The Morgan fingerprint density at radius 2 is 1.66 bits per heavy atom. The third kappa shape index (κ3) is 4.02. The number of nitrogens with zero attached hydrogens (tertiary/aromatic N) is 3. The van der Waals surface area contributed by atoms with Gasteiger partial charge in [-0.15, -0.1) is 0 Å². The van der Waals surface area contributed by atoms with E-state index in [1.165, 1.54) is 0 Å². The fourth-order valence-corrected chi connectivity index (χ4v) is 4.14. The highest BCUT2D eigenvalue weighted by Crippen LogP contribution is 2.30. The van der Waals surface area contributed by atoms with E-state index in [2.05, 4.69) is 33.2 Å². The molecule has 0 radical (unpaired) electrons. The molecule has 3 aromatic rings. The van der Waals surface area contributed by atoms with Gasteiger partial charge in [-0.2, -0.15) is 0 Å². The van der Waals surface area contributed by atoms with Crippen LogP contribution in [0, 0.1) is 13.8 Å². The number of anilines is 1. The predicted octanol–water partition coefficient (Wildman–Crippen LogP) is 3.78. The molecule has 1 amide bonds. The molecular weight excluding hydrogens is 360 g/mol. The van der Waals surface area contributed by atoms with Gasteiger partial charge < -0.3 is 10.2 Å². The Labute approximate surface area is 172 Å². The Hall–Kier alpha value is -2.76. The lowest BCUT2D eigenvalue weighted by Gasteiger charge is -2.37. The summed E-state index contributed by atoms with van der Waals surface area (Å²) in [5.74, 6) is 0.0170. The number of pyridine rings is 1. The normalized spacial score (nSPS) is 16.7. The molecule has 0 spiro atoms. The van der Waals surface area contributed by atoms with E-state index in [1.807, 2.05) is 62.5 Å². The topological polar surface area (TPSA) is 48.5 Å². The van der Waals surface area contributed by atoms with Gasteiger partial charge in [-0.1, -0.05) is 36.4 Å². The van der Waals surface area contributed by atoms with Crippen molar-refractivity contribution >= 4 is 22.5 Å². The van der Waals surface area contributed by atoms with Crippen LogP contribution >= 0.6 is 0 Å². The number of piperazine rings is 1. The highest BCUT2D eigenvalue weighted by molar-refractivity contribution is 5.99. The van der Waals surface area contributed by atoms with E-state index in [1.54, 1.807) is 0 Å². The standard InChI is InChI=1S/C24H28N4O/c1-17-7-6-8-18(2)22(17)26-24(29)23(28-15-13-27(3)14-16-28)20-11-12-25-21-10-5-4-9-19(20)21/h4-12,23H,13-16H2,1-3H3,(H,26,29). The smallest absolute Gasteiger partial charge is 0.246 e. The lowest BCUT2D eigenvalue weighted by Crippen LogP contribution is -2.48. The van der Waals surface area contributed by atoms with Crippen molar-refractivity contribution in [3.8, 4) is 0 Å². The van der Waals surface area contributed by atoms with Crippen LogP contribution in [0.4, 0.5) is 5.69 Å². The third-order valence-corrected chi connectivity index (χ3v) is 5.86. The van der Waals surface area contributed by atoms with E-state index >= 15 is 0 Å². The van der Waals surface area contributed by atoms with Crippen molar-refractivity contribution in [2.75, 3.05) is 38.5 Å². The number of hydrogen-bond acceptors (Lipinski definition) is 4. The van der Waals surface area contributed by atoms with E-state index in [-0.39, 0.29) is 11.9 Å². The lowest BCUT2D eigenvalue weighted by atomic mass is 9.98. The molecule has 1 saturated heterocycles. The van der Waals surface area contributed by atoms with Crippen LogP contribution in [0.3, 0.4) is 0 Å². The first-order valence-electron chi connectivity index (χ1n) is 10.2. The van der Waals surface area contributed by atoms with Gasteiger partial charge in [-0.25, -0.2) is 0 Å². The number of rotatable bonds is 4. The van der Waals surface area contributed by atoms with Crippen molar-refractivity contribution in [3.05, 3.63) is 71.4 Å². The summed E-state index contributed by atoms with van der Waals surface area (Å²) in [5, 5.41) is 4.27. The quantitative estimate of drug-likeness (QED) is 0.739. The van der Waals surface area contributed by atoms with Crippen LogP contribution in [0.25, 0.3) is 10.9 Å². The Morgan fingerprint density at radius 1 is 0.966 bits per heavy atom. The zero-order valence-corrected chi connectivity index (χ0v) is 17.4. The number of aromatic nitrogens is 1. The molecule has 150 valence electrons. The van der Waals surface area contributed by atoms with Gasteiger partial charge in [-0.3, -0.25) is 14.7 Å². The molecule has 1 aliphatic rings. The minimum Gasteiger partial charge on any atom is -0.324 e. The van der Waals surface area contributed by atoms with Crippen molar-refractivity contribution in [1.29, 1.82) is 0 Å². The van der Waals surface area contributed by atoms with Crippen LogP contribution < -0.4 is 5.32 Å². The molecule has 5 heteroatoms. The molecule has 29 heavy (non-hydrogen) atoms. The highest BCUT2D eigenvalue weighted by Gasteiger charge is 2.31. The number of para-hydroxylation sites is 2. The summed E-state index contributed by atoms with van der Waals surface area (Å²) in [5.41, 5.74) is 5.01. The second-order valence-corrected chi connectivity index (χ2v) is 7.92. The number of carbonyl (C=O) groups is 1. The molecule has 1 atom stereocenters. The maximum absolute atomic E-state index is 13.7. The summed E-state index contributed by atoms with van der Waals surface area (Å²) in [4.78, 5) is 22.8. The minimum atomic E-state index is -0.351. The van der Waals surface area contributed by atoms with Crippen molar-refractivity contribution in [2.45, 2.75) is 19.9 Å². The molecule has 1 aliphatic heterocycles. The largest absolute Gasteiger partial charge is 0.324 e. The molecule has 2 heterocycles. The van der Waals surface area contributed by atoms with Gasteiger partial charge in [0.2, 0.25) is 5.91 Å². The van der Waals surface area contributed by atoms with E-state index in [4.69, 9.17) is 0 Å².